The number of carbonyl (C=O) groups is 1. The molecule has 1 amide bonds. The Hall–Kier alpha value is -2.10. The number of anilines is 1. The van der Waals surface area contributed by atoms with Gasteiger partial charge in [-0.3, -0.25) is 14.6 Å². The van der Waals surface area contributed by atoms with E-state index in [-0.39, 0.29) is 17.7 Å². The van der Waals surface area contributed by atoms with Crippen molar-refractivity contribution in [3.63, 3.8) is 0 Å². The lowest BCUT2D eigenvalue weighted by atomic mass is 10.2. The van der Waals surface area contributed by atoms with Crippen LogP contribution in [-0.2, 0) is 11.3 Å². The van der Waals surface area contributed by atoms with Crippen molar-refractivity contribution in [3.8, 4) is 5.75 Å². The number of thiophene rings is 1. The van der Waals surface area contributed by atoms with E-state index in [9.17, 15) is 18.0 Å². The third kappa shape index (κ3) is 5.95. The molecule has 152 valence electrons. The summed E-state index contributed by atoms with van der Waals surface area (Å²) in [6.45, 7) is 6.12. The topological polar surface area (TPSA) is 44.8 Å². The van der Waals surface area contributed by atoms with Gasteiger partial charge in [0, 0.05) is 43.3 Å². The molecular weight excluding hydrogens is 391 g/mol. The molecule has 1 saturated heterocycles. The van der Waals surface area contributed by atoms with Crippen LogP contribution in [0.5, 0.6) is 5.75 Å². The summed E-state index contributed by atoms with van der Waals surface area (Å²) in [4.78, 5) is 18.3. The summed E-state index contributed by atoms with van der Waals surface area (Å²) in [6, 6.07) is 8.99. The molecule has 2 aromatic rings. The lowest BCUT2D eigenvalue weighted by Crippen LogP contribution is -2.52. The van der Waals surface area contributed by atoms with Gasteiger partial charge in [0.1, 0.15) is 5.75 Å². The number of rotatable bonds is 6. The van der Waals surface area contributed by atoms with Gasteiger partial charge in [-0.2, -0.15) is 0 Å². The highest BCUT2D eigenvalue weighted by Gasteiger charge is 2.31. The third-order valence-corrected chi connectivity index (χ3v) is 5.51. The molecule has 0 aliphatic carbocycles. The van der Waals surface area contributed by atoms with Gasteiger partial charge in [-0.05, 0) is 42.6 Å². The summed E-state index contributed by atoms with van der Waals surface area (Å²) in [5.41, 5.74) is 0.433. The summed E-state index contributed by atoms with van der Waals surface area (Å²) < 4.78 is 40.4. The standard InChI is InChI=1S/C19H22F3N3O2S/c1-14(25-10-8-24(9-11-25)13-17-3-2-12-28-17)18(26)23-15-4-6-16(7-5-15)27-19(20,21)22/h2-7,12,14H,8-11,13H2,1H3,(H,23,26). The molecule has 1 unspecified atom stereocenters. The van der Waals surface area contributed by atoms with Crippen molar-refractivity contribution in [3.05, 3.63) is 46.7 Å². The van der Waals surface area contributed by atoms with E-state index in [0.717, 1.165) is 32.7 Å². The highest BCUT2D eigenvalue weighted by atomic mass is 32.1. The number of nitrogens with zero attached hydrogens (tertiary/aromatic N) is 2. The van der Waals surface area contributed by atoms with Crippen LogP contribution in [0.15, 0.2) is 41.8 Å². The molecule has 1 aromatic heterocycles. The van der Waals surface area contributed by atoms with Crippen molar-refractivity contribution in [1.82, 2.24) is 9.80 Å². The zero-order valence-corrected chi connectivity index (χ0v) is 16.2. The third-order valence-electron chi connectivity index (χ3n) is 4.65. The normalized spacial score (nSPS) is 17.3. The Kier molecular flexibility index (Phi) is 6.58. The van der Waals surface area contributed by atoms with E-state index in [1.807, 2.05) is 13.0 Å². The summed E-state index contributed by atoms with van der Waals surface area (Å²) in [5, 5.41) is 4.82. The minimum Gasteiger partial charge on any atom is -0.406 e. The Morgan fingerprint density at radius 1 is 1.18 bits per heavy atom. The fraction of sp³-hybridized carbons (Fsp3) is 0.421. The fourth-order valence-electron chi connectivity index (χ4n) is 3.08. The van der Waals surface area contributed by atoms with Crippen LogP contribution >= 0.6 is 11.3 Å². The number of hydrogen-bond acceptors (Lipinski definition) is 5. The minimum absolute atomic E-state index is 0.184. The lowest BCUT2D eigenvalue weighted by molar-refractivity contribution is -0.274. The number of hydrogen-bond donors (Lipinski definition) is 1. The zero-order valence-electron chi connectivity index (χ0n) is 15.4. The predicted octanol–water partition coefficient (Wildman–Crippen LogP) is 3.79. The van der Waals surface area contributed by atoms with E-state index in [2.05, 4.69) is 31.3 Å². The molecule has 0 bridgehead atoms. The highest BCUT2D eigenvalue weighted by molar-refractivity contribution is 7.09. The zero-order chi connectivity index (χ0) is 20.1. The van der Waals surface area contributed by atoms with Crippen molar-refractivity contribution in [1.29, 1.82) is 0 Å². The van der Waals surface area contributed by atoms with Crippen LogP contribution in [0.4, 0.5) is 18.9 Å². The van der Waals surface area contributed by atoms with Crippen LogP contribution in [0.3, 0.4) is 0 Å². The molecule has 0 saturated carbocycles. The summed E-state index contributed by atoms with van der Waals surface area (Å²) >= 11 is 1.74. The Labute approximate surface area is 165 Å². The van der Waals surface area contributed by atoms with Gasteiger partial charge in [-0.25, -0.2) is 0 Å². The van der Waals surface area contributed by atoms with Crippen molar-refractivity contribution in [2.24, 2.45) is 0 Å². The Morgan fingerprint density at radius 3 is 2.43 bits per heavy atom. The number of amides is 1. The Morgan fingerprint density at radius 2 is 1.86 bits per heavy atom. The van der Waals surface area contributed by atoms with E-state index in [1.54, 1.807) is 11.3 Å². The van der Waals surface area contributed by atoms with Crippen LogP contribution < -0.4 is 10.1 Å². The summed E-state index contributed by atoms with van der Waals surface area (Å²) in [6.07, 6.45) is -4.73. The van der Waals surface area contributed by atoms with Crippen LogP contribution in [0.25, 0.3) is 0 Å². The monoisotopic (exact) mass is 413 g/mol. The van der Waals surface area contributed by atoms with Crippen LogP contribution in [-0.4, -0.2) is 54.3 Å². The fourth-order valence-corrected chi connectivity index (χ4v) is 3.83. The smallest absolute Gasteiger partial charge is 0.406 e. The first-order chi connectivity index (χ1) is 13.3. The minimum atomic E-state index is -4.73. The van der Waals surface area contributed by atoms with E-state index in [1.165, 1.54) is 29.1 Å². The maximum absolute atomic E-state index is 12.5. The number of alkyl halides is 3. The number of piperazine rings is 1. The molecule has 5 nitrogen and oxygen atoms in total. The van der Waals surface area contributed by atoms with E-state index >= 15 is 0 Å². The Balaban J connectivity index is 1.47. The van der Waals surface area contributed by atoms with Gasteiger partial charge < -0.3 is 10.1 Å². The van der Waals surface area contributed by atoms with Crippen molar-refractivity contribution >= 4 is 22.9 Å². The summed E-state index contributed by atoms with van der Waals surface area (Å²) in [7, 11) is 0. The maximum Gasteiger partial charge on any atom is 0.573 e. The Bertz CT molecular complexity index is 758. The second-order valence-electron chi connectivity index (χ2n) is 6.63. The second kappa shape index (κ2) is 8.93. The van der Waals surface area contributed by atoms with Crippen LogP contribution in [0.1, 0.15) is 11.8 Å². The van der Waals surface area contributed by atoms with E-state index < -0.39 is 6.36 Å². The van der Waals surface area contributed by atoms with Gasteiger partial charge in [-0.15, -0.1) is 24.5 Å². The number of ether oxygens (including phenoxy) is 1. The molecule has 28 heavy (non-hydrogen) atoms. The van der Waals surface area contributed by atoms with Gasteiger partial charge >= 0.3 is 6.36 Å². The second-order valence-corrected chi connectivity index (χ2v) is 7.66. The lowest BCUT2D eigenvalue weighted by Gasteiger charge is -2.37. The van der Waals surface area contributed by atoms with Gasteiger partial charge in [0.05, 0.1) is 6.04 Å². The van der Waals surface area contributed by atoms with Crippen molar-refractivity contribution in [2.45, 2.75) is 25.9 Å². The molecule has 1 aliphatic rings. The van der Waals surface area contributed by atoms with Crippen LogP contribution in [0, 0.1) is 0 Å². The number of benzene rings is 1. The quantitative estimate of drug-likeness (QED) is 0.783. The average Bonchev–Trinajstić information content (AvgIpc) is 3.15. The van der Waals surface area contributed by atoms with E-state index in [0.29, 0.717) is 5.69 Å². The number of carbonyl (C=O) groups excluding carboxylic acids is 1. The van der Waals surface area contributed by atoms with E-state index in [4.69, 9.17) is 0 Å². The van der Waals surface area contributed by atoms with Gasteiger partial charge in [-0.1, -0.05) is 6.07 Å². The van der Waals surface area contributed by atoms with Crippen molar-refractivity contribution < 1.29 is 22.7 Å². The molecule has 9 heteroatoms. The van der Waals surface area contributed by atoms with Gasteiger partial charge in [0.2, 0.25) is 5.91 Å². The van der Waals surface area contributed by atoms with Crippen molar-refractivity contribution in [2.75, 3.05) is 31.5 Å². The molecule has 1 N–H and O–H groups in total. The molecule has 1 fully saturated rings. The SMILES string of the molecule is CC(C(=O)Nc1ccc(OC(F)(F)F)cc1)N1CCN(Cc2cccs2)CC1. The molecule has 1 aliphatic heterocycles. The van der Waals surface area contributed by atoms with Crippen LogP contribution in [0.2, 0.25) is 0 Å². The largest absolute Gasteiger partial charge is 0.573 e. The number of nitrogens with one attached hydrogen (secondary N) is 1. The molecule has 1 aromatic carbocycles. The summed E-state index contributed by atoms with van der Waals surface area (Å²) in [5.74, 6) is -0.503. The predicted molar refractivity (Wildman–Crippen MR) is 102 cm³/mol. The molecule has 0 radical (unpaired) electrons. The first kappa shape index (κ1) is 20.6. The molecule has 3 rings (SSSR count). The molecular formula is C19H22F3N3O2S. The maximum atomic E-state index is 12.5. The van der Waals surface area contributed by atoms with Gasteiger partial charge in [0.15, 0.2) is 0 Å². The van der Waals surface area contributed by atoms with Gasteiger partial charge in [0.25, 0.3) is 0 Å². The number of halogens is 3. The molecule has 1 atom stereocenters. The first-order valence-electron chi connectivity index (χ1n) is 8.95. The average molecular weight is 413 g/mol. The molecule has 2 heterocycles. The molecule has 0 spiro atoms. The first-order valence-corrected chi connectivity index (χ1v) is 9.83. The highest BCUT2D eigenvalue weighted by Crippen LogP contribution is 2.24.